The van der Waals surface area contributed by atoms with Crippen molar-refractivity contribution in [1.82, 2.24) is 10.6 Å². The molecule has 2 N–H and O–H groups in total. The first kappa shape index (κ1) is 20.7. The first-order valence-electron chi connectivity index (χ1n) is 9.47. The van der Waals surface area contributed by atoms with Crippen molar-refractivity contribution >= 4 is 23.6 Å². The lowest BCUT2D eigenvalue weighted by molar-refractivity contribution is -0.139. The van der Waals surface area contributed by atoms with E-state index < -0.39 is 12.0 Å². The summed E-state index contributed by atoms with van der Waals surface area (Å²) in [6.45, 7) is 4.19. The first-order valence-corrected chi connectivity index (χ1v) is 9.85. The first-order chi connectivity index (χ1) is 14.0. The lowest BCUT2D eigenvalue weighted by atomic mass is 9.93. The fourth-order valence-electron chi connectivity index (χ4n) is 3.17. The molecule has 1 aliphatic rings. The van der Waals surface area contributed by atoms with Crippen molar-refractivity contribution in [2.45, 2.75) is 32.9 Å². The molecule has 0 saturated carbocycles. The molecule has 7 heteroatoms. The molecule has 2 amide bonds. The molecule has 0 saturated heterocycles. The number of esters is 1. The van der Waals surface area contributed by atoms with Crippen molar-refractivity contribution in [2.75, 3.05) is 6.61 Å². The van der Waals surface area contributed by atoms with E-state index in [1.807, 2.05) is 43.3 Å². The molecule has 1 aliphatic heterocycles. The van der Waals surface area contributed by atoms with Gasteiger partial charge in [-0.05, 0) is 37.1 Å². The van der Waals surface area contributed by atoms with E-state index in [0.29, 0.717) is 40.6 Å². The third-order valence-corrected chi connectivity index (χ3v) is 4.79. The van der Waals surface area contributed by atoms with Crippen molar-refractivity contribution in [2.24, 2.45) is 0 Å². The van der Waals surface area contributed by atoms with E-state index in [1.165, 1.54) is 0 Å². The molecule has 3 rings (SSSR count). The standard InChI is InChI=1S/C22H23ClN2O4/c1-3-17-19(21(26)28-4-2)20(25-22(27)24-17)16-7-5-6-8-18(16)29-13-14-9-11-15(23)12-10-14/h5-12,20H,3-4,13H2,1-2H3,(H2,24,25,27). The molecule has 29 heavy (non-hydrogen) atoms. The minimum atomic E-state index is -0.667. The van der Waals surface area contributed by atoms with E-state index in [1.54, 1.807) is 19.1 Å². The lowest BCUT2D eigenvalue weighted by Crippen LogP contribution is -2.46. The summed E-state index contributed by atoms with van der Waals surface area (Å²) in [6, 6.07) is 13.7. The molecular formula is C22H23ClN2O4. The number of halogens is 1. The van der Waals surface area contributed by atoms with Crippen LogP contribution in [0.1, 0.15) is 37.4 Å². The maximum Gasteiger partial charge on any atom is 0.338 e. The van der Waals surface area contributed by atoms with Crippen LogP contribution >= 0.6 is 11.6 Å². The number of carbonyl (C=O) groups excluding carboxylic acids is 2. The Labute approximate surface area is 174 Å². The zero-order chi connectivity index (χ0) is 20.8. The Morgan fingerprint density at radius 1 is 1.10 bits per heavy atom. The van der Waals surface area contributed by atoms with Gasteiger partial charge in [0, 0.05) is 16.3 Å². The van der Waals surface area contributed by atoms with E-state index in [0.717, 1.165) is 5.56 Å². The molecule has 0 bridgehead atoms. The van der Waals surface area contributed by atoms with Crippen molar-refractivity contribution in [1.29, 1.82) is 0 Å². The maximum absolute atomic E-state index is 12.7. The molecule has 1 unspecified atom stereocenters. The van der Waals surface area contributed by atoms with Gasteiger partial charge in [0.15, 0.2) is 0 Å². The van der Waals surface area contributed by atoms with E-state index >= 15 is 0 Å². The van der Waals surface area contributed by atoms with Gasteiger partial charge in [-0.2, -0.15) is 0 Å². The Morgan fingerprint density at radius 2 is 1.83 bits per heavy atom. The molecule has 0 radical (unpaired) electrons. The van der Waals surface area contributed by atoms with Crippen LogP contribution in [0.15, 0.2) is 59.8 Å². The molecule has 0 spiro atoms. The van der Waals surface area contributed by atoms with Gasteiger partial charge >= 0.3 is 12.0 Å². The predicted molar refractivity (Wildman–Crippen MR) is 111 cm³/mol. The Kier molecular flexibility index (Phi) is 6.77. The zero-order valence-corrected chi connectivity index (χ0v) is 17.1. The van der Waals surface area contributed by atoms with Gasteiger partial charge in [-0.15, -0.1) is 0 Å². The summed E-state index contributed by atoms with van der Waals surface area (Å²) >= 11 is 5.93. The van der Waals surface area contributed by atoms with Crippen LogP contribution in [0.3, 0.4) is 0 Å². The Hall–Kier alpha value is -2.99. The number of amides is 2. The fraction of sp³-hybridized carbons (Fsp3) is 0.273. The lowest BCUT2D eigenvalue weighted by Gasteiger charge is -2.30. The number of allylic oxidation sites excluding steroid dienone is 1. The molecular weight excluding hydrogens is 392 g/mol. The highest BCUT2D eigenvalue weighted by atomic mass is 35.5. The second kappa shape index (κ2) is 9.47. The minimum Gasteiger partial charge on any atom is -0.489 e. The van der Waals surface area contributed by atoms with Crippen LogP contribution < -0.4 is 15.4 Å². The van der Waals surface area contributed by atoms with Gasteiger partial charge in [0.1, 0.15) is 12.4 Å². The zero-order valence-electron chi connectivity index (χ0n) is 16.3. The highest BCUT2D eigenvalue weighted by molar-refractivity contribution is 6.30. The van der Waals surface area contributed by atoms with Crippen LogP contribution in [0.25, 0.3) is 0 Å². The van der Waals surface area contributed by atoms with Crippen molar-refractivity contribution in [3.8, 4) is 5.75 Å². The molecule has 0 fully saturated rings. The Bertz CT molecular complexity index is 925. The second-order valence-corrected chi connectivity index (χ2v) is 6.89. The van der Waals surface area contributed by atoms with Gasteiger partial charge in [0.2, 0.25) is 0 Å². The summed E-state index contributed by atoms with van der Waals surface area (Å²) < 4.78 is 11.3. The second-order valence-electron chi connectivity index (χ2n) is 6.45. The van der Waals surface area contributed by atoms with E-state index in [-0.39, 0.29) is 12.6 Å². The van der Waals surface area contributed by atoms with Crippen molar-refractivity contribution < 1.29 is 19.1 Å². The highest BCUT2D eigenvalue weighted by Gasteiger charge is 2.34. The normalized spacial score (nSPS) is 16.1. The van der Waals surface area contributed by atoms with Crippen molar-refractivity contribution in [3.05, 3.63) is 76.0 Å². The Balaban J connectivity index is 1.94. The quantitative estimate of drug-likeness (QED) is 0.654. The van der Waals surface area contributed by atoms with Crippen LogP contribution in [-0.4, -0.2) is 18.6 Å². The summed E-state index contributed by atoms with van der Waals surface area (Å²) in [5.41, 5.74) is 2.57. The molecule has 2 aromatic rings. The number of benzene rings is 2. The number of nitrogens with one attached hydrogen (secondary N) is 2. The van der Waals surface area contributed by atoms with Gasteiger partial charge in [0.05, 0.1) is 18.2 Å². The van der Waals surface area contributed by atoms with Crippen molar-refractivity contribution in [3.63, 3.8) is 0 Å². The summed E-state index contributed by atoms with van der Waals surface area (Å²) in [5.74, 6) is 0.112. The number of rotatable bonds is 7. The van der Waals surface area contributed by atoms with E-state index in [4.69, 9.17) is 21.1 Å². The topological polar surface area (TPSA) is 76.7 Å². The van der Waals surface area contributed by atoms with Gasteiger partial charge in [-0.3, -0.25) is 0 Å². The van der Waals surface area contributed by atoms with Crippen LogP contribution in [-0.2, 0) is 16.1 Å². The Morgan fingerprint density at radius 3 is 2.52 bits per heavy atom. The SMILES string of the molecule is CCOC(=O)C1=C(CC)NC(=O)NC1c1ccccc1OCc1ccc(Cl)cc1. The average Bonchev–Trinajstić information content (AvgIpc) is 2.73. The minimum absolute atomic E-state index is 0.245. The third-order valence-electron chi connectivity index (χ3n) is 4.54. The summed E-state index contributed by atoms with van der Waals surface area (Å²) in [4.78, 5) is 24.9. The molecule has 2 aromatic carbocycles. The molecule has 6 nitrogen and oxygen atoms in total. The van der Waals surface area contributed by atoms with Gasteiger partial charge in [-0.25, -0.2) is 9.59 Å². The van der Waals surface area contributed by atoms with Crippen LogP contribution in [0.2, 0.25) is 5.02 Å². The number of hydrogen-bond donors (Lipinski definition) is 2. The molecule has 1 heterocycles. The fourth-order valence-corrected chi connectivity index (χ4v) is 3.30. The number of hydrogen-bond acceptors (Lipinski definition) is 4. The number of ether oxygens (including phenoxy) is 2. The third kappa shape index (κ3) is 4.90. The summed E-state index contributed by atoms with van der Waals surface area (Å²) in [7, 11) is 0. The summed E-state index contributed by atoms with van der Waals surface area (Å²) in [6.07, 6.45) is 0.492. The monoisotopic (exact) mass is 414 g/mol. The largest absolute Gasteiger partial charge is 0.489 e. The van der Waals surface area contributed by atoms with E-state index in [9.17, 15) is 9.59 Å². The summed E-state index contributed by atoms with van der Waals surface area (Å²) in [5, 5.41) is 6.19. The smallest absolute Gasteiger partial charge is 0.338 e. The number of carbonyl (C=O) groups is 2. The van der Waals surface area contributed by atoms with E-state index in [2.05, 4.69) is 10.6 Å². The molecule has 152 valence electrons. The van der Waals surface area contributed by atoms with Gasteiger partial charge < -0.3 is 20.1 Å². The molecule has 0 aliphatic carbocycles. The molecule has 1 atom stereocenters. The van der Waals surface area contributed by atoms with Crippen LogP contribution in [0.4, 0.5) is 4.79 Å². The van der Waals surface area contributed by atoms with Gasteiger partial charge in [-0.1, -0.05) is 48.9 Å². The van der Waals surface area contributed by atoms with Crippen LogP contribution in [0.5, 0.6) is 5.75 Å². The molecule has 0 aromatic heterocycles. The number of para-hydroxylation sites is 1. The van der Waals surface area contributed by atoms with Gasteiger partial charge in [0.25, 0.3) is 0 Å². The average molecular weight is 415 g/mol. The number of urea groups is 1. The predicted octanol–water partition coefficient (Wildman–Crippen LogP) is 4.50. The maximum atomic E-state index is 12.7. The highest BCUT2D eigenvalue weighted by Crippen LogP contribution is 2.34. The van der Waals surface area contributed by atoms with Crippen LogP contribution in [0, 0.1) is 0 Å².